The number of nitrogens with zero attached hydrogens (tertiary/aromatic N) is 2. The van der Waals surface area contributed by atoms with E-state index in [1.165, 1.54) is 26.2 Å². The Morgan fingerprint density at radius 3 is 2.58 bits per heavy atom. The van der Waals surface area contributed by atoms with E-state index in [0.29, 0.717) is 0 Å². The summed E-state index contributed by atoms with van der Waals surface area (Å²) in [6.45, 7) is 3.85. The lowest BCUT2D eigenvalue weighted by Crippen LogP contribution is -2.39. The van der Waals surface area contributed by atoms with Gasteiger partial charge in [-0.25, -0.2) is 4.98 Å². The molecule has 0 saturated carbocycles. The van der Waals surface area contributed by atoms with Crippen LogP contribution in [0.25, 0.3) is 10.8 Å². The van der Waals surface area contributed by atoms with Crippen LogP contribution >= 0.6 is 11.3 Å². The van der Waals surface area contributed by atoms with Crippen molar-refractivity contribution >= 4 is 28.1 Å². The van der Waals surface area contributed by atoms with Gasteiger partial charge >= 0.3 is 0 Å². The van der Waals surface area contributed by atoms with Crippen LogP contribution in [-0.4, -0.2) is 31.1 Å². The molecule has 0 atom stereocenters. The number of guanidine groups is 1. The topological polar surface area (TPSA) is 49.3 Å². The van der Waals surface area contributed by atoms with Crippen LogP contribution in [0, 0.1) is 0 Å². The number of rotatable bonds is 7. The Morgan fingerprint density at radius 1 is 1.04 bits per heavy atom. The van der Waals surface area contributed by atoms with Crippen molar-refractivity contribution in [2.24, 2.45) is 4.99 Å². The number of fused-ring (bicyclic) bond motifs is 1. The molecular formula is C21H26N4S. The summed E-state index contributed by atoms with van der Waals surface area (Å²) in [5, 5.41) is 10.6. The Hall–Kier alpha value is -2.40. The van der Waals surface area contributed by atoms with Gasteiger partial charge in [-0.1, -0.05) is 49.4 Å². The van der Waals surface area contributed by atoms with Gasteiger partial charge in [-0.05, 0) is 29.2 Å². The lowest BCUT2D eigenvalue weighted by atomic mass is 10.0. The van der Waals surface area contributed by atoms with E-state index < -0.39 is 0 Å². The second kappa shape index (κ2) is 9.34. The molecule has 3 rings (SSSR count). The van der Waals surface area contributed by atoms with Crippen LogP contribution in [0.2, 0.25) is 0 Å². The quantitative estimate of drug-likeness (QED) is 0.494. The van der Waals surface area contributed by atoms with E-state index in [9.17, 15) is 0 Å². The van der Waals surface area contributed by atoms with Crippen LogP contribution < -0.4 is 10.6 Å². The number of thiazole rings is 1. The second-order valence-corrected chi connectivity index (χ2v) is 7.34. The summed E-state index contributed by atoms with van der Waals surface area (Å²) in [6.07, 6.45) is 4.93. The molecule has 0 aliphatic carbocycles. The molecule has 2 aromatic carbocycles. The molecule has 0 aliphatic rings. The van der Waals surface area contributed by atoms with Crippen LogP contribution in [-0.2, 0) is 19.3 Å². The van der Waals surface area contributed by atoms with Gasteiger partial charge in [-0.15, -0.1) is 11.3 Å². The summed E-state index contributed by atoms with van der Waals surface area (Å²) in [6, 6.07) is 15.0. The van der Waals surface area contributed by atoms with Gasteiger partial charge in [-0.3, -0.25) is 4.99 Å². The molecule has 1 aromatic heterocycles. The highest BCUT2D eigenvalue weighted by Crippen LogP contribution is 2.18. The minimum atomic E-state index is 0.838. The third kappa shape index (κ3) is 4.82. The van der Waals surface area contributed by atoms with Crippen molar-refractivity contribution in [1.82, 2.24) is 15.6 Å². The normalized spacial score (nSPS) is 11.7. The molecular weight excluding hydrogens is 340 g/mol. The Balaban J connectivity index is 1.46. The zero-order valence-electron chi connectivity index (χ0n) is 15.5. The molecule has 5 heteroatoms. The number of hydrogen-bond acceptors (Lipinski definition) is 3. The molecule has 0 saturated heterocycles. The first-order valence-corrected chi connectivity index (χ1v) is 9.96. The largest absolute Gasteiger partial charge is 0.356 e. The van der Waals surface area contributed by atoms with E-state index in [-0.39, 0.29) is 0 Å². The molecule has 0 spiro atoms. The molecule has 1 heterocycles. The Labute approximate surface area is 159 Å². The lowest BCUT2D eigenvalue weighted by molar-refractivity contribution is 0.783. The lowest BCUT2D eigenvalue weighted by Gasteiger charge is -2.12. The monoisotopic (exact) mass is 366 g/mol. The maximum Gasteiger partial charge on any atom is 0.191 e. The number of nitrogens with one attached hydrogen (secondary N) is 2. The molecule has 136 valence electrons. The smallest absolute Gasteiger partial charge is 0.191 e. The SMILES string of the molecule is CCc1cnc(CCNC(=NC)NCCc2cccc3ccccc23)s1. The number of aryl methyl sites for hydroxylation is 1. The molecule has 0 bridgehead atoms. The van der Waals surface area contributed by atoms with Crippen LogP contribution in [0.15, 0.2) is 53.7 Å². The first-order valence-electron chi connectivity index (χ1n) is 9.15. The second-order valence-electron chi connectivity index (χ2n) is 6.14. The Bertz CT molecular complexity index is 864. The minimum absolute atomic E-state index is 0.838. The average Bonchev–Trinajstić information content (AvgIpc) is 3.15. The molecule has 26 heavy (non-hydrogen) atoms. The molecule has 0 amide bonds. The zero-order valence-corrected chi connectivity index (χ0v) is 16.3. The fourth-order valence-corrected chi connectivity index (χ4v) is 3.82. The molecule has 4 nitrogen and oxygen atoms in total. The molecule has 0 radical (unpaired) electrons. The summed E-state index contributed by atoms with van der Waals surface area (Å²) in [5.41, 5.74) is 1.36. The van der Waals surface area contributed by atoms with Crippen LogP contribution in [0.1, 0.15) is 22.4 Å². The Morgan fingerprint density at radius 2 is 1.81 bits per heavy atom. The summed E-state index contributed by atoms with van der Waals surface area (Å²) in [5.74, 6) is 0.845. The van der Waals surface area contributed by atoms with E-state index in [1.54, 1.807) is 11.3 Å². The van der Waals surface area contributed by atoms with Crippen LogP contribution in [0.4, 0.5) is 0 Å². The van der Waals surface area contributed by atoms with Crippen molar-refractivity contribution in [2.45, 2.75) is 26.2 Å². The van der Waals surface area contributed by atoms with Crippen molar-refractivity contribution < 1.29 is 0 Å². The van der Waals surface area contributed by atoms with Crippen molar-refractivity contribution in [1.29, 1.82) is 0 Å². The van der Waals surface area contributed by atoms with Crippen molar-refractivity contribution in [3.8, 4) is 0 Å². The molecule has 3 aromatic rings. The first kappa shape index (κ1) is 18.4. The highest BCUT2D eigenvalue weighted by Gasteiger charge is 2.03. The fourth-order valence-electron chi connectivity index (χ4n) is 2.96. The van der Waals surface area contributed by atoms with E-state index in [4.69, 9.17) is 0 Å². The molecule has 2 N–H and O–H groups in total. The first-order chi connectivity index (χ1) is 12.8. The van der Waals surface area contributed by atoms with Crippen molar-refractivity contribution in [3.63, 3.8) is 0 Å². The number of aromatic nitrogens is 1. The predicted molar refractivity (Wildman–Crippen MR) is 112 cm³/mol. The number of hydrogen-bond donors (Lipinski definition) is 2. The fraction of sp³-hybridized carbons (Fsp3) is 0.333. The van der Waals surface area contributed by atoms with E-state index in [2.05, 4.69) is 70.0 Å². The third-order valence-electron chi connectivity index (χ3n) is 4.37. The maximum absolute atomic E-state index is 4.46. The summed E-state index contributed by atoms with van der Waals surface area (Å²) >= 11 is 1.80. The summed E-state index contributed by atoms with van der Waals surface area (Å²) < 4.78 is 0. The summed E-state index contributed by atoms with van der Waals surface area (Å²) in [7, 11) is 1.81. The van der Waals surface area contributed by atoms with E-state index in [1.807, 2.05) is 13.2 Å². The van der Waals surface area contributed by atoms with Gasteiger partial charge in [0.15, 0.2) is 5.96 Å². The minimum Gasteiger partial charge on any atom is -0.356 e. The zero-order chi connectivity index (χ0) is 18.2. The van der Waals surface area contributed by atoms with E-state index >= 15 is 0 Å². The predicted octanol–water partition coefficient (Wildman–Crippen LogP) is 3.81. The van der Waals surface area contributed by atoms with Gasteiger partial charge in [-0.2, -0.15) is 0 Å². The van der Waals surface area contributed by atoms with Gasteiger partial charge in [0.05, 0.1) is 5.01 Å². The molecule has 0 unspecified atom stereocenters. The number of aliphatic imine (C=N–C) groups is 1. The van der Waals surface area contributed by atoms with Crippen LogP contribution in [0.3, 0.4) is 0 Å². The number of benzene rings is 2. The van der Waals surface area contributed by atoms with Crippen molar-refractivity contribution in [3.05, 3.63) is 64.1 Å². The van der Waals surface area contributed by atoms with Gasteiger partial charge in [0.25, 0.3) is 0 Å². The Kier molecular flexibility index (Phi) is 6.61. The van der Waals surface area contributed by atoms with Gasteiger partial charge in [0, 0.05) is 37.6 Å². The standard InChI is InChI=1S/C21H26N4S/c1-3-18-15-25-20(26-18)12-14-24-21(22-2)23-13-11-17-9-6-8-16-7-4-5-10-19(16)17/h4-10,15H,3,11-14H2,1-2H3,(H2,22,23,24). The van der Waals surface area contributed by atoms with Gasteiger partial charge in [0.1, 0.15) is 0 Å². The average molecular weight is 367 g/mol. The van der Waals surface area contributed by atoms with Crippen LogP contribution in [0.5, 0.6) is 0 Å². The highest BCUT2D eigenvalue weighted by molar-refractivity contribution is 7.11. The van der Waals surface area contributed by atoms with Crippen molar-refractivity contribution in [2.75, 3.05) is 20.1 Å². The van der Waals surface area contributed by atoms with E-state index in [0.717, 1.165) is 38.3 Å². The van der Waals surface area contributed by atoms with Gasteiger partial charge < -0.3 is 10.6 Å². The molecule has 0 fully saturated rings. The highest BCUT2D eigenvalue weighted by atomic mass is 32.1. The third-order valence-corrected chi connectivity index (χ3v) is 5.57. The molecule has 0 aliphatic heterocycles. The summed E-state index contributed by atoms with van der Waals surface area (Å²) in [4.78, 5) is 10.1. The van der Waals surface area contributed by atoms with Gasteiger partial charge in [0.2, 0.25) is 0 Å². The maximum atomic E-state index is 4.46.